The lowest BCUT2D eigenvalue weighted by atomic mass is 10.5. The van der Waals surface area contributed by atoms with E-state index < -0.39 is 44.2 Å². The monoisotopic (exact) mass is 410 g/mol. The first-order valence-electron chi connectivity index (χ1n) is 5.84. The van der Waals surface area contributed by atoms with Crippen LogP contribution in [0, 0.1) is 0 Å². The lowest BCUT2D eigenvalue weighted by Gasteiger charge is -2.49. The second-order valence-corrected chi connectivity index (χ2v) is 21.0. The van der Waals surface area contributed by atoms with Gasteiger partial charge in [-0.3, -0.25) is 0 Å². The van der Waals surface area contributed by atoms with Crippen LogP contribution in [0.5, 0.6) is 0 Å². The fourth-order valence-corrected chi connectivity index (χ4v) is 19.0. The van der Waals surface area contributed by atoms with E-state index in [1.807, 2.05) is 33.1 Å². The highest BCUT2D eigenvalue weighted by Gasteiger charge is 2.60. The smallest absolute Gasteiger partial charge is 0.345 e. The molecule has 0 aromatic rings. The van der Waals surface area contributed by atoms with Crippen molar-refractivity contribution in [3.63, 3.8) is 0 Å². The molecule has 0 bridgehead atoms. The zero-order valence-corrected chi connectivity index (χ0v) is 19.9. The minimum Gasteiger partial charge on any atom is -0.423 e. The van der Waals surface area contributed by atoms with Gasteiger partial charge in [-0.15, -0.1) is 0 Å². The summed E-state index contributed by atoms with van der Waals surface area (Å²) in [7, 11) is -7.90. The predicted molar refractivity (Wildman–Crippen MR) is 102 cm³/mol. The van der Waals surface area contributed by atoms with E-state index >= 15 is 0 Å². The molecule has 1 fully saturated rings. The summed E-state index contributed by atoms with van der Waals surface area (Å²) in [6.45, 7) is 9.75. The van der Waals surface area contributed by atoms with Crippen LogP contribution in [0.2, 0.25) is 26.2 Å². The maximum Gasteiger partial charge on any atom is 0.345 e. The molecule has 12 heteroatoms. The summed E-state index contributed by atoms with van der Waals surface area (Å²) in [5.74, 6) is 0. The Morgan fingerprint density at radius 2 is 1.63 bits per heavy atom. The second kappa shape index (κ2) is 6.31. The Labute approximate surface area is 143 Å². The topological polar surface area (TPSA) is 36.9 Å². The van der Waals surface area contributed by atoms with Gasteiger partial charge in [0, 0.05) is 0 Å². The van der Waals surface area contributed by atoms with E-state index in [1.165, 1.54) is 0 Å². The molecule has 0 aliphatic carbocycles. The molecular weight excluding hydrogens is 389 g/mol. The van der Waals surface area contributed by atoms with Crippen LogP contribution < -0.4 is 0 Å². The van der Waals surface area contributed by atoms with Crippen molar-refractivity contribution in [2.75, 3.05) is 0 Å². The molecule has 19 heavy (non-hydrogen) atoms. The van der Waals surface area contributed by atoms with Gasteiger partial charge in [0.15, 0.2) is 0 Å². The van der Waals surface area contributed by atoms with Crippen LogP contribution in [0.15, 0.2) is 0 Å². The Morgan fingerprint density at radius 1 is 1.11 bits per heavy atom. The molecule has 1 heterocycles. The molecule has 0 saturated carbocycles. The van der Waals surface area contributed by atoms with Crippen molar-refractivity contribution in [2.45, 2.75) is 40.9 Å². The summed E-state index contributed by atoms with van der Waals surface area (Å²) in [6, 6.07) is 0. The molecular formula is C7H22O4S4Si4. The molecule has 114 valence electrons. The molecule has 1 aliphatic heterocycles. The minimum atomic E-state index is -2.78. The highest BCUT2D eigenvalue weighted by Crippen LogP contribution is 2.48. The average molecular weight is 411 g/mol. The Balaban J connectivity index is 3.08. The van der Waals surface area contributed by atoms with E-state index in [4.69, 9.17) is 16.5 Å². The van der Waals surface area contributed by atoms with Gasteiger partial charge in [0.25, 0.3) is 19.3 Å². The van der Waals surface area contributed by atoms with Crippen molar-refractivity contribution in [3.05, 3.63) is 0 Å². The van der Waals surface area contributed by atoms with Crippen LogP contribution in [0.1, 0.15) is 6.92 Å². The fourth-order valence-electron chi connectivity index (χ4n) is 1.80. The van der Waals surface area contributed by atoms with Gasteiger partial charge >= 0.3 is 17.1 Å². The molecule has 0 radical (unpaired) electrons. The molecule has 0 amide bonds. The molecule has 2 unspecified atom stereocenters. The maximum absolute atomic E-state index is 6.30. The van der Waals surface area contributed by atoms with Crippen molar-refractivity contribution in [1.29, 1.82) is 0 Å². The highest BCUT2D eigenvalue weighted by molar-refractivity contribution is 8.10. The van der Waals surface area contributed by atoms with Crippen LogP contribution in [0.4, 0.5) is 0 Å². The second-order valence-electron chi connectivity index (χ2n) is 5.25. The third-order valence-corrected chi connectivity index (χ3v) is 21.9. The summed E-state index contributed by atoms with van der Waals surface area (Å²) < 4.78 is 22.4. The van der Waals surface area contributed by atoms with Crippen LogP contribution in [-0.2, 0) is 16.5 Å². The van der Waals surface area contributed by atoms with Crippen molar-refractivity contribution < 1.29 is 16.5 Å². The molecule has 1 rings (SSSR count). The van der Waals surface area contributed by atoms with E-state index in [-0.39, 0.29) is 0 Å². The van der Waals surface area contributed by atoms with Gasteiger partial charge in [-0.05, 0) is 33.1 Å². The average Bonchev–Trinajstić information content (AvgIpc) is 2.11. The van der Waals surface area contributed by atoms with Crippen LogP contribution in [0.25, 0.3) is 0 Å². The number of hydrogen-bond acceptors (Lipinski definition) is 8. The predicted octanol–water partition coefficient (Wildman–Crippen LogP) is 1.36. The third-order valence-electron chi connectivity index (χ3n) is 2.82. The van der Waals surface area contributed by atoms with E-state index in [0.717, 1.165) is 0 Å². The van der Waals surface area contributed by atoms with Crippen molar-refractivity contribution in [1.82, 2.24) is 0 Å². The van der Waals surface area contributed by atoms with Gasteiger partial charge < -0.3 is 16.5 Å². The Morgan fingerprint density at radius 3 is 2.11 bits per heavy atom. The molecule has 1 aliphatic rings. The number of hydrogen-bond donors (Lipinski definition) is 4. The third kappa shape index (κ3) is 4.54. The Hall–Kier alpha value is 2.11. The van der Waals surface area contributed by atoms with Crippen LogP contribution in [-0.4, -0.2) is 44.2 Å². The standard InChI is InChI=1S/C7H22O4S4Si4/c1-6(12,13)7(14,15)19(5)9-16-8-17(2)10-18(3,4)11-19/h12-15,17H,16H2,1-5H3. The van der Waals surface area contributed by atoms with Gasteiger partial charge in [0.05, 0.1) is 4.08 Å². The van der Waals surface area contributed by atoms with Crippen molar-refractivity contribution in [2.24, 2.45) is 0 Å². The summed E-state index contributed by atoms with van der Waals surface area (Å²) in [6.07, 6.45) is 0. The van der Waals surface area contributed by atoms with E-state index in [2.05, 4.69) is 50.5 Å². The molecule has 0 aromatic carbocycles. The molecule has 0 N–H and O–H groups in total. The van der Waals surface area contributed by atoms with Crippen molar-refractivity contribution >= 4 is 86.9 Å². The summed E-state index contributed by atoms with van der Waals surface area (Å²) in [5.41, 5.74) is 0. The van der Waals surface area contributed by atoms with Gasteiger partial charge in [-0.25, -0.2) is 0 Å². The zero-order valence-electron chi connectivity index (χ0n) is 11.7. The highest BCUT2D eigenvalue weighted by atomic mass is 32.2. The Kier molecular flexibility index (Phi) is 6.36. The number of thiol groups is 4. The molecule has 2 atom stereocenters. The first-order chi connectivity index (χ1) is 8.31. The van der Waals surface area contributed by atoms with E-state index in [1.54, 1.807) is 0 Å². The Bertz CT molecular complexity index is 340. The SMILES string of the molecule is C[SiH]1O[SiH2]O[Si](C)(C(S)(S)C(C)(S)S)O[Si](C)(C)O1. The summed E-state index contributed by atoms with van der Waals surface area (Å²) in [4.78, 5) is 0. The van der Waals surface area contributed by atoms with Gasteiger partial charge in [0.2, 0.25) is 0 Å². The summed E-state index contributed by atoms with van der Waals surface area (Å²) in [5, 5.41) is 0. The lowest BCUT2D eigenvalue weighted by molar-refractivity contribution is 0.266. The number of rotatable bonds is 2. The first kappa shape index (κ1) is 19.2. The molecule has 1 saturated heterocycles. The van der Waals surface area contributed by atoms with Gasteiger partial charge in [0.1, 0.15) is 3.70 Å². The normalized spacial score (nSPS) is 34.9. The van der Waals surface area contributed by atoms with Crippen LogP contribution in [0.3, 0.4) is 0 Å². The van der Waals surface area contributed by atoms with Crippen LogP contribution >= 0.6 is 50.5 Å². The molecule has 4 nitrogen and oxygen atoms in total. The maximum atomic E-state index is 6.30. The summed E-state index contributed by atoms with van der Waals surface area (Å²) >= 11 is 18.3. The van der Waals surface area contributed by atoms with Crippen molar-refractivity contribution in [3.8, 4) is 0 Å². The minimum absolute atomic E-state index is 0.763. The van der Waals surface area contributed by atoms with E-state index in [9.17, 15) is 0 Å². The van der Waals surface area contributed by atoms with E-state index in [0.29, 0.717) is 0 Å². The molecule has 0 spiro atoms. The largest absolute Gasteiger partial charge is 0.423 e. The lowest BCUT2D eigenvalue weighted by Crippen LogP contribution is -2.67. The van der Waals surface area contributed by atoms with Gasteiger partial charge in [-0.2, -0.15) is 50.5 Å². The quantitative estimate of drug-likeness (QED) is 0.315. The molecule has 0 aromatic heterocycles. The zero-order chi connectivity index (χ0) is 15.1. The fraction of sp³-hybridized carbons (Fsp3) is 1.00. The van der Waals surface area contributed by atoms with Gasteiger partial charge in [-0.1, -0.05) is 0 Å². The first-order valence-corrected chi connectivity index (χ1v) is 16.0.